The molecule has 9 heavy (non-hydrogen) atoms. The molecule has 1 fully saturated rings. The standard InChI is InChI=1S/C5H10N4/c1-5(8-9-7)2-4(6)3-5/h4H,2-3,6H2,1H3. The van der Waals surface area contributed by atoms with Crippen molar-refractivity contribution in [3.05, 3.63) is 10.4 Å². The summed E-state index contributed by atoms with van der Waals surface area (Å²) in [4.78, 5) is 2.73. The summed E-state index contributed by atoms with van der Waals surface area (Å²) in [7, 11) is 0. The van der Waals surface area contributed by atoms with E-state index in [0.29, 0.717) is 0 Å². The molecule has 0 atom stereocenters. The normalized spacial score (nSPS) is 40.9. The molecule has 50 valence electrons. The van der Waals surface area contributed by atoms with Crippen LogP contribution in [0.15, 0.2) is 5.11 Å². The maximum absolute atomic E-state index is 8.07. The fourth-order valence-electron chi connectivity index (χ4n) is 1.26. The molecule has 2 N–H and O–H groups in total. The Bertz CT molecular complexity index is 152. The van der Waals surface area contributed by atoms with Gasteiger partial charge < -0.3 is 5.73 Å². The Morgan fingerprint density at radius 1 is 1.78 bits per heavy atom. The predicted octanol–water partition coefficient (Wildman–Crippen LogP) is 1.18. The summed E-state index contributed by atoms with van der Waals surface area (Å²) in [5.74, 6) is 0. The first-order chi connectivity index (χ1) is 4.16. The molecule has 0 radical (unpaired) electrons. The molecule has 1 aliphatic rings. The molecule has 1 saturated carbocycles. The summed E-state index contributed by atoms with van der Waals surface area (Å²) in [6.45, 7) is 1.93. The number of hydrogen-bond acceptors (Lipinski definition) is 2. The molecule has 0 aromatic rings. The molecule has 0 aromatic carbocycles. The third-order valence-corrected chi connectivity index (χ3v) is 1.69. The third kappa shape index (κ3) is 1.15. The molecule has 1 aliphatic carbocycles. The lowest BCUT2D eigenvalue weighted by molar-refractivity contribution is 0.232. The Morgan fingerprint density at radius 3 is 2.67 bits per heavy atom. The van der Waals surface area contributed by atoms with E-state index in [4.69, 9.17) is 11.3 Å². The second-order valence-electron chi connectivity index (χ2n) is 2.85. The summed E-state index contributed by atoms with van der Waals surface area (Å²) < 4.78 is 0. The molecular formula is C5H10N4. The van der Waals surface area contributed by atoms with Gasteiger partial charge in [0, 0.05) is 16.5 Å². The van der Waals surface area contributed by atoms with Gasteiger partial charge in [-0.05, 0) is 18.4 Å². The molecule has 4 heteroatoms. The van der Waals surface area contributed by atoms with Crippen LogP contribution in [0.5, 0.6) is 0 Å². The molecule has 0 amide bonds. The highest BCUT2D eigenvalue weighted by Crippen LogP contribution is 2.34. The molecule has 1 rings (SSSR count). The fraction of sp³-hybridized carbons (Fsp3) is 1.00. The predicted molar refractivity (Wildman–Crippen MR) is 34.8 cm³/mol. The summed E-state index contributed by atoms with van der Waals surface area (Å²) in [6.07, 6.45) is 1.66. The smallest absolute Gasteiger partial charge is 0.0489 e. The Hall–Kier alpha value is -0.730. The zero-order chi connectivity index (χ0) is 6.91. The molecule has 0 unspecified atom stereocenters. The Morgan fingerprint density at radius 2 is 2.33 bits per heavy atom. The molecule has 0 heterocycles. The van der Waals surface area contributed by atoms with Crippen LogP contribution >= 0.6 is 0 Å². The first-order valence-electron chi connectivity index (χ1n) is 2.98. The van der Waals surface area contributed by atoms with Crippen LogP contribution in [0.2, 0.25) is 0 Å². The van der Waals surface area contributed by atoms with Gasteiger partial charge in [-0.25, -0.2) is 0 Å². The average Bonchev–Trinajstić information content (AvgIpc) is 1.62. The topological polar surface area (TPSA) is 74.8 Å². The first-order valence-corrected chi connectivity index (χ1v) is 2.98. The van der Waals surface area contributed by atoms with Gasteiger partial charge in [0.1, 0.15) is 0 Å². The molecule has 0 saturated heterocycles. The van der Waals surface area contributed by atoms with Crippen molar-refractivity contribution in [3.8, 4) is 0 Å². The van der Waals surface area contributed by atoms with Gasteiger partial charge in [0.15, 0.2) is 0 Å². The summed E-state index contributed by atoms with van der Waals surface area (Å²) in [6, 6.07) is 0.250. The SMILES string of the molecule is CC1(N=[N+]=[N-])CC(N)C1. The van der Waals surface area contributed by atoms with E-state index in [1.54, 1.807) is 0 Å². The van der Waals surface area contributed by atoms with Crippen LogP contribution < -0.4 is 5.73 Å². The van der Waals surface area contributed by atoms with Crippen LogP contribution in [0, 0.1) is 0 Å². The molecule has 0 aromatic heterocycles. The highest BCUT2D eigenvalue weighted by molar-refractivity contribution is 4.99. The maximum atomic E-state index is 8.07. The number of nitrogens with zero attached hydrogens (tertiary/aromatic N) is 3. The summed E-state index contributed by atoms with van der Waals surface area (Å²) in [5, 5.41) is 3.61. The highest BCUT2D eigenvalue weighted by Gasteiger charge is 2.37. The van der Waals surface area contributed by atoms with Crippen molar-refractivity contribution in [1.29, 1.82) is 0 Å². The van der Waals surface area contributed by atoms with Crippen LogP contribution in [-0.4, -0.2) is 11.6 Å². The third-order valence-electron chi connectivity index (χ3n) is 1.69. The van der Waals surface area contributed by atoms with Crippen LogP contribution in [0.25, 0.3) is 10.4 Å². The van der Waals surface area contributed by atoms with E-state index in [1.807, 2.05) is 6.92 Å². The van der Waals surface area contributed by atoms with Crippen molar-refractivity contribution in [2.24, 2.45) is 10.8 Å². The minimum absolute atomic E-state index is 0.172. The van der Waals surface area contributed by atoms with Gasteiger partial charge in [-0.3, -0.25) is 0 Å². The van der Waals surface area contributed by atoms with E-state index in [1.165, 1.54) is 0 Å². The van der Waals surface area contributed by atoms with Crippen molar-refractivity contribution in [2.45, 2.75) is 31.3 Å². The fourth-order valence-corrected chi connectivity index (χ4v) is 1.26. The zero-order valence-corrected chi connectivity index (χ0v) is 5.41. The van der Waals surface area contributed by atoms with Gasteiger partial charge in [-0.1, -0.05) is 12.0 Å². The van der Waals surface area contributed by atoms with Gasteiger partial charge >= 0.3 is 0 Å². The van der Waals surface area contributed by atoms with E-state index in [0.717, 1.165) is 12.8 Å². The zero-order valence-electron chi connectivity index (χ0n) is 5.41. The molecule has 0 bridgehead atoms. The van der Waals surface area contributed by atoms with E-state index in [2.05, 4.69) is 10.0 Å². The quantitative estimate of drug-likeness (QED) is 0.319. The van der Waals surface area contributed by atoms with E-state index in [9.17, 15) is 0 Å². The number of azide groups is 1. The molecule has 4 nitrogen and oxygen atoms in total. The van der Waals surface area contributed by atoms with Gasteiger partial charge in [0.05, 0.1) is 0 Å². The Labute approximate surface area is 53.7 Å². The second-order valence-corrected chi connectivity index (χ2v) is 2.85. The van der Waals surface area contributed by atoms with Crippen LogP contribution in [0.1, 0.15) is 19.8 Å². The number of hydrogen-bond donors (Lipinski definition) is 1. The summed E-state index contributed by atoms with van der Waals surface area (Å²) in [5.41, 5.74) is 13.4. The molecule has 0 aliphatic heterocycles. The minimum atomic E-state index is -0.172. The first kappa shape index (κ1) is 6.39. The molecular weight excluding hydrogens is 116 g/mol. The van der Waals surface area contributed by atoms with Crippen molar-refractivity contribution in [3.63, 3.8) is 0 Å². The van der Waals surface area contributed by atoms with Gasteiger partial charge in [-0.15, -0.1) is 0 Å². The maximum Gasteiger partial charge on any atom is 0.0489 e. The largest absolute Gasteiger partial charge is 0.328 e. The lowest BCUT2D eigenvalue weighted by atomic mass is 9.75. The van der Waals surface area contributed by atoms with Crippen LogP contribution in [0.4, 0.5) is 0 Å². The lowest BCUT2D eigenvalue weighted by Gasteiger charge is -2.39. The Kier molecular flexibility index (Phi) is 1.35. The van der Waals surface area contributed by atoms with Crippen molar-refractivity contribution < 1.29 is 0 Å². The van der Waals surface area contributed by atoms with E-state index < -0.39 is 0 Å². The van der Waals surface area contributed by atoms with Crippen molar-refractivity contribution in [2.75, 3.05) is 0 Å². The van der Waals surface area contributed by atoms with Crippen LogP contribution in [-0.2, 0) is 0 Å². The number of rotatable bonds is 1. The van der Waals surface area contributed by atoms with E-state index >= 15 is 0 Å². The number of nitrogens with two attached hydrogens (primary N) is 1. The Balaban J connectivity index is 2.49. The van der Waals surface area contributed by atoms with Gasteiger partial charge in [0.25, 0.3) is 0 Å². The van der Waals surface area contributed by atoms with Gasteiger partial charge in [0.2, 0.25) is 0 Å². The summed E-state index contributed by atoms with van der Waals surface area (Å²) >= 11 is 0. The van der Waals surface area contributed by atoms with Crippen molar-refractivity contribution >= 4 is 0 Å². The van der Waals surface area contributed by atoms with Crippen molar-refractivity contribution in [1.82, 2.24) is 0 Å². The van der Waals surface area contributed by atoms with E-state index in [-0.39, 0.29) is 11.6 Å². The lowest BCUT2D eigenvalue weighted by Crippen LogP contribution is -2.47. The average molecular weight is 126 g/mol. The molecule has 0 spiro atoms. The highest BCUT2D eigenvalue weighted by atomic mass is 15.2. The second kappa shape index (κ2) is 1.90. The van der Waals surface area contributed by atoms with Crippen LogP contribution in [0.3, 0.4) is 0 Å². The minimum Gasteiger partial charge on any atom is -0.328 e. The van der Waals surface area contributed by atoms with Gasteiger partial charge in [-0.2, -0.15) is 0 Å². The monoisotopic (exact) mass is 126 g/mol.